The van der Waals surface area contributed by atoms with Crippen molar-refractivity contribution in [2.45, 2.75) is 127 Å². The van der Waals surface area contributed by atoms with Crippen molar-refractivity contribution in [1.82, 2.24) is 30.3 Å². The molecule has 3 aromatic rings. The fraction of sp³-hybridized carbons (Fsp3) is 0.556. The fourth-order valence-electron chi connectivity index (χ4n) is 9.32. The molecule has 0 saturated carbocycles. The summed E-state index contributed by atoms with van der Waals surface area (Å²) in [7, 11) is -5.29. The van der Waals surface area contributed by atoms with Crippen molar-refractivity contribution < 1.29 is 63.4 Å². The number of nitrogens with one attached hydrogen (secondary N) is 4. The molecule has 5 amide bonds. The molecule has 1 fully saturated rings. The second kappa shape index (κ2) is 20.9. The highest BCUT2D eigenvalue weighted by molar-refractivity contribution is 7.96. The lowest BCUT2D eigenvalue weighted by atomic mass is 9.84. The monoisotopic (exact) mass is 1090 g/mol. The number of alkyl halides is 6. The number of pyridine rings is 1. The van der Waals surface area contributed by atoms with Gasteiger partial charge in [-0.15, -0.1) is 8.73 Å². The number of benzene rings is 1. The largest absolute Gasteiger partial charge is 0.477 e. The summed E-state index contributed by atoms with van der Waals surface area (Å²) in [6, 6.07) is -3.44. The zero-order valence-electron chi connectivity index (χ0n) is 41.8. The first-order chi connectivity index (χ1) is 34.4. The maximum Gasteiger partial charge on any atom is 0.433 e. The molecule has 2 aliphatic heterocycles. The van der Waals surface area contributed by atoms with Gasteiger partial charge < -0.3 is 40.4 Å². The van der Waals surface area contributed by atoms with Gasteiger partial charge in [-0.1, -0.05) is 6.92 Å². The Balaban J connectivity index is 1.16. The molecular formula is C45H59F6N13O8S2. The number of allylic oxidation sites excluding steroid dienone is 1. The Bertz CT molecular complexity index is 3070. The molecule has 29 heteroatoms. The van der Waals surface area contributed by atoms with E-state index < -0.39 is 84.1 Å². The van der Waals surface area contributed by atoms with Gasteiger partial charge in [0.1, 0.15) is 34.3 Å². The summed E-state index contributed by atoms with van der Waals surface area (Å²) in [5.74, 6) is -1.28. The Morgan fingerprint density at radius 2 is 1.58 bits per heavy atom. The normalized spacial score (nSPS) is 20.3. The average Bonchev–Trinajstić information content (AvgIpc) is 4.08. The number of nitrogens with zero attached hydrogens (tertiary/aromatic N) is 7. The number of urea groups is 2. The lowest BCUT2D eigenvalue weighted by Gasteiger charge is -2.33. The predicted octanol–water partition coefficient (Wildman–Crippen LogP) is 6.60. The van der Waals surface area contributed by atoms with Gasteiger partial charge in [0, 0.05) is 49.2 Å². The van der Waals surface area contributed by atoms with Gasteiger partial charge in [0.25, 0.3) is 0 Å². The minimum atomic E-state index is -4.99. The fourth-order valence-corrected chi connectivity index (χ4v) is 11.3. The molecule has 4 heterocycles. The number of halogens is 6. The molecule has 406 valence electrons. The van der Waals surface area contributed by atoms with E-state index >= 15 is 13.2 Å². The molecule has 1 saturated heterocycles. The summed E-state index contributed by atoms with van der Waals surface area (Å²) in [5, 5.41) is 27.2. The van der Waals surface area contributed by atoms with Crippen molar-refractivity contribution in [3.63, 3.8) is 0 Å². The van der Waals surface area contributed by atoms with Gasteiger partial charge in [-0.05, 0) is 108 Å². The predicted molar refractivity (Wildman–Crippen MR) is 261 cm³/mol. The number of rotatable bonds is 10. The first-order valence-corrected chi connectivity index (χ1v) is 26.6. The van der Waals surface area contributed by atoms with Crippen molar-refractivity contribution in [1.29, 1.82) is 0 Å². The molecule has 74 heavy (non-hydrogen) atoms. The van der Waals surface area contributed by atoms with Gasteiger partial charge in [-0.25, -0.2) is 42.7 Å². The van der Waals surface area contributed by atoms with E-state index in [-0.39, 0.29) is 114 Å². The number of carbonyl (C=O) groups is 3. The van der Waals surface area contributed by atoms with Gasteiger partial charge in [0.2, 0.25) is 11.8 Å². The maximum absolute atomic E-state index is 15.3. The molecule has 0 bridgehead atoms. The number of nitrogens with two attached hydrogens (primary N) is 2. The summed E-state index contributed by atoms with van der Waals surface area (Å²) >= 11 is 0. The van der Waals surface area contributed by atoms with E-state index in [0.29, 0.717) is 30.4 Å². The summed E-state index contributed by atoms with van der Waals surface area (Å²) < 4.78 is 142. The van der Waals surface area contributed by atoms with E-state index in [1.165, 1.54) is 30.5 Å². The Hall–Kier alpha value is -6.04. The minimum Gasteiger partial charge on any atom is -0.477 e. The number of aromatic nitrogens is 3. The second-order valence-electron chi connectivity index (χ2n) is 19.3. The molecule has 0 radical (unpaired) electrons. The van der Waals surface area contributed by atoms with E-state index in [2.05, 4.69) is 45.1 Å². The number of likely N-dealkylation sites (N-methyl/N-ethyl adjacent to an activating group) is 2. The molecule has 21 nitrogen and oxygen atoms in total. The van der Waals surface area contributed by atoms with Crippen LogP contribution in [-0.4, -0.2) is 111 Å². The first-order valence-electron chi connectivity index (χ1n) is 23.4. The molecular weight excluding hydrogens is 1030 g/mol. The standard InChI is InChI=1S/C45H59F6N13O8S2/c1-22(15-55-17-31(38-56-16-25(54-7)20-70-38)73(52,68)61-41(66)60-36-24(3)37(45(49,50)51)58-30-14-10-13-29(30)36)33-27-11-9-12-28(27)35(23(2)34(33)44(46,47)48)59-40(65)62-74(53,69)32-18-57-64-19-26(21-71-39(32)64)63(8)42(67)72-43(4,5)6/h17-18,22,25-26,54,56H,9-16,19-21H2,1-8H3,(H3,53,59,62,65,69)(H3,52,58,60,61,66,68)/b38-31-,55-17?/t22-,25+,26+,73?,74?/m0/s1. The SMILES string of the molecule is CN[C@@H]1CN/C(=C(\C=NC[C@H](C)c2c3c(c(NC(=O)N=S(N)(=O)c4cnn5c4OC[C@H](N(C)C(=O)OC(C)(C)C)C5)c(C)c2C(F)(F)F)CCC3)S(N)(=O)=NC(=O)Nc2c(C)c(C(F)(F)F)nc3c2CCC3)OC1. The molecule has 1 aromatic carbocycles. The van der Waals surface area contributed by atoms with E-state index in [4.69, 9.17) is 24.5 Å². The van der Waals surface area contributed by atoms with E-state index in [1.807, 2.05) is 0 Å². The Kier molecular flexibility index (Phi) is 15.8. The molecule has 5 atom stereocenters. The van der Waals surface area contributed by atoms with Crippen LogP contribution in [0.4, 0.5) is 52.1 Å². The summed E-state index contributed by atoms with van der Waals surface area (Å²) in [4.78, 5) is 48.5. The number of hydrogen-bond acceptors (Lipinski definition) is 13. The molecule has 2 unspecified atom stereocenters. The van der Waals surface area contributed by atoms with Crippen LogP contribution in [0.15, 0.2) is 35.6 Å². The number of amides is 5. The van der Waals surface area contributed by atoms with Crippen molar-refractivity contribution in [2.75, 3.05) is 51.0 Å². The number of aliphatic imine (C=N–C) groups is 1. The number of ether oxygens (including phenoxy) is 3. The van der Waals surface area contributed by atoms with Crippen LogP contribution in [0.3, 0.4) is 0 Å². The molecule has 4 aliphatic rings. The zero-order chi connectivity index (χ0) is 54.5. The number of aryl methyl sites for hydroxylation is 1. The maximum atomic E-state index is 15.3. The number of carbonyl (C=O) groups excluding carboxylic acids is 3. The quantitative estimate of drug-likeness (QED) is 0.0926. The van der Waals surface area contributed by atoms with Crippen LogP contribution in [0.5, 0.6) is 5.88 Å². The molecule has 2 aromatic heterocycles. The minimum absolute atomic E-state index is 0.0209. The van der Waals surface area contributed by atoms with Crippen LogP contribution in [0, 0.1) is 13.8 Å². The number of anilines is 2. The van der Waals surface area contributed by atoms with Crippen LogP contribution >= 0.6 is 0 Å². The van der Waals surface area contributed by atoms with E-state index in [1.54, 1.807) is 27.8 Å². The third-order valence-corrected chi connectivity index (χ3v) is 15.6. The molecule has 2 aliphatic carbocycles. The summed E-state index contributed by atoms with van der Waals surface area (Å²) in [6.07, 6.45) is -6.52. The van der Waals surface area contributed by atoms with Crippen LogP contribution in [0.1, 0.15) is 96.8 Å². The van der Waals surface area contributed by atoms with Crippen molar-refractivity contribution in [3.8, 4) is 5.88 Å². The highest BCUT2D eigenvalue weighted by atomic mass is 32.2. The van der Waals surface area contributed by atoms with Gasteiger partial charge in [-0.3, -0.25) is 4.99 Å². The highest BCUT2D eigenvalue weighted by Gasteiger charge is 2.42. The van der Waals surface area contributed by atoms with Crippen molar-refractivity contribution in [2.24, 2.45) is 24.0 Å². The third-order valence-electron chi connectivity index (χ3n) is 12.9. The number of fused-ring (bicyclic) bond motifs is 3. The number of hydrogen-bond donors (Lipinski definition) is 6. The lowest BCUT2D eigenvalue weighted by Crippen LogP contribution is -2.47. The van der Waals surface area contributed by atoms with E-state index in [0.717, 1.165) is 19.3 Å². The van der Waals surface area contributed by atoms with Crippen molar-refractivity contribution in [3.05, 3.63) is 67.3 Å². The third kappa shape index (κ3) is 11.9. The average molecular weight is 1090 g/mol. The van der Waals surface area contributed by atoms with Crippen LogP contribution in [0.25, 0.3) is 0 Å². The Morgan fingerprint density at radius 3 is 2.20 bits per heavy atom. The smallest absolute Gasteiger partial charge is 0.433 e. The van der Waals surface area contributed by atoms with Gasteiger partial charge in [0.05, 0.1) is 36.1 Å². The van der Waals surface area contributed by atoms with Crippen LogP contribution in [0.2, 0.25) is 0 Å². The second-order valence-corrected chi connectivity index (χ2v) is 22.9. The first kappa shape index (κ1) is 55.7. The Morgan fingerprint density at radius 1 is 0.946 bits per heavy atom. The summed E-state index contributed by atoms with van der Waals surface area (Å²) in [6.45, 7) is 8.79. The Labute approximate surface area is 423 Å². The zero-order valence-corrected chi connectivity index (χ0v) is 43.4. The molecule has 8 N–H and O–H groups in total. The van der Waals surface area contributed by atoms with Gasteiger partial charge >= 0.3 is 30.5 Å². The summed E-state index contributed by atoms with van der Waals surface area (Å²) in [5.41, 5.74) is -3.06. The van der Waals surface area contributed by atoms with Gasteiger partial charge in [0.15, 0.2) is 19.8 Å². The lowest BCUT2D eigenvalue weighted by molar-refractivity contribution is -0.141. The van der Waals surface area contributed by atoms with Crippen LogP contribution in [-0.2, 0) is 73.9 Å². The topological polar surface area (TPSA) is 284 Å². The van der Waals surface area contributed by atoms with Crippen LogP contribution < -0.4 is 36.3 Å². The van der Waals surface area contributed by atoms with Gasteiger partial charge in [-0.2, -0.15) is 31.4 Å². The van der Waals surface area contributed by atoms with Crippen molar-refractivity contribution >= 4 is 55.6 Å². The highest BCUT2D eigenvalue weighted by Crippen LogP contribution is 2.47. The molecule has 0 spiro atoms. The van der Waals surface area contributed by atoms with E-state index in [9.17, 15) is 36.0 Å². The molecule has 7 rings (SSSR count).